The van der Waals surface area contributed by atoms with Gasteiger partial charge in [-0.25, -0.2) is 0 Å². The minimum absolute atomic E-state index is 0.0205. The molecule has 0 bridgehead atoms. The lowest BCUT2D eigenvalue weighted by molar-refractivity contribution is -0.122. The smallest absolute Gasteiger partial charge is 0.241 e. The van der Waals surface area contributed by atoms with Crippen LogP contribution in [0.1, 0.15) is 17.7 Å². The summed E-state index contributed by atoms with van der Waals surface area (Å²) in [6, 6.07) is 2.33. The Morgan fingerprint density at radius 1 is 1.55 bits per heavy atom. The molecular weight excluding hydrogens is 296 g/mol. The number of hydrogen-bond acceptors (Lipinski definition) is 4. The molecule has 0 unspecified atom stereocenters. The average molecular weight is 311 g/mol. The predicted molar refractivity (Wildman–Crippen MR) is 80.0 cm³/mol. The van der Waals surface area contributed by atoms with E-state index >= 15 is 0 Å². The lowest BCUT2D eigenvalue weighted by atomic mass is 10.4. The van der Waals surface area contributed by atoms with Gasteiger partial charge in [0.15, 0.2) is 0 Å². The van der Waals surface area contributed by atoms with Gasteiger partial charge in [0.1, 0.15) is 6.54 Å². The van der Waals surface area contributed by atoms with E-state index in [4.69, 9.17) is 11.6 Å². The molecule has 0 saturated heterocycles. The SMILES string of the molecule is O=C(Cn1cc(NCc2cc(Cl)cs2)cn1)NC1CC1. The second kappa shape index (κ2) is 5.85. The van der Waals surface area contributed by atoms with Crippen LogP contribution in [0.2, 0.25) is 5.02 Å². The molecule has 3 rings (SSSR count). The first-order chi connectivity index (χ1) is 9.69. The molecular formula is C13H15ClN4OS. The molecule has 1 amide bonds. The molecule has 2 aromatic rings. The van der Waals surface area contributed by atoms with Gasteiger partial charge in [-0.05, 0) is 18.9 Å². The van der Waals surface area contributed by atoms with Crippen LogP contribution >= 0.6 is 22.9 Å². The Bertz CT molecular complexity index is 605. The molecule has 1 aliphatic rings. The topological polar surface area (TPSA) is 59.0 Å². The highest BCUT2D eigenvalue weighted by Crippen LogP contribution is 2.20. The normalized spacial score (nSPS) is 14.2. The predicted octanol–water partition coefficient (Wildman–Crippen LogP) is 2.49. The number of anilines is 1. The molecule has 0 aromatic carbocycles. The first-order valence-electron chi connectivity index (χ1n) is 6.47. The third kappa shape index (κ3) is 3.74. The molecule has 0 spiro atoms. The van der Waals surface area contributed by atoms with Crippen molar-refractivity contribution in [3.05, 3.63) is 33.7 Å². The molecule has 2 aromatic heterocycles. The summed E-state index contributed by atoms with van der Waals surface area (Å²) in [6.45, 7) is 0.973. The van der Waals surface area contributed by atoms with Crippen molar-refractivity contribution >= 4 is 34.5 Å². The van der Waals surface area contributed by atoms with Gasteiger partial charge in [0.25, 0.3) is 0 Å². The van der Waals surface area contributed by atoms with Gasteiger partial charge in [-0.15, -0.1) is 11.3 Å². The third-order valence-electron chi connectivity index (χ3n) is 2.97. The van der Waals surface area contributed by atoms with Gasteiger partial charge in [-0.1, -0.05) is 11.6 Å². The molecule has 1 aliphatic carbocycles. The number of amides is 1. The molecule has 2 heterocycles. The molecule has 106 valence electrons. The highest BCUT2D eigenvalue weighted by molar-refractivity contribution is 7.10. The molecule has 7 heteroatoms. The maximum absolute atomic E-state index is 11.6. The fourth-order valence-corrected chi connectivity index (χ4v) is 2.84. The third-order valence-corrected chi connectivity index (χ3v) is 4.25. The van der Waals surface area contributed by atoms with Crippen molar-refractivity contribution in [1.29, 1.82) is 0 Å². The first-order valence-corrected chi connectivity index (χ1v) is 7.73. The Morgan fingerprint density at radius 2 is 2.40 bits per heavy atom. The van der Waals surface area contributed by atoms with Crippen molar-refractivity contribution in [3.63, 3.8) is 0 Å². The molecule has 0 radical (unpaired) electrons. The molecule has 0 atom stereocenters. The fourth-order valence-electron chi connectivity index (χ4n) is 1.83. The Hall–Kier alpha value is -1.53. The zero-order valence-corrected chi connectivity index (χ0v) is 12.4. The van der Waals surface area contributed by atoms with Crippen molar-refractivity contribution in [2.24, 2.45) is 0 Å². The lowest BCUT2D eigenvalue weighted by Gasteiger charge is -2.03. The summed E-state index contributed by atoms with van der Waals surface area (Å²) in [4.78, 5) is 12.8. The van der Waals surface area contributed by atoms with E-state index in [1.165, 1.54) is 0 Å². The number of hydrogen-bond donors (Lipinski definition) is 2. The van der Waals surface area contributed by atoms with Gasteiger partial charge in [0.2, 0.25) is 5.91 Å². The van der Waals surface area contributed by atoms with E-state index in [0.29, 0.717) is 12.6 Å². The largest absolute Gasteiger partial charge is 0.378 e. The quantitative estimate of drug-likeness (QED) is 0.862. The summed E-state index contributed by atoms with van der Waals surface area (Å²) in [5.74, 6) is 0.0205. The van der Waals surface area contributed by atoms with E-state index in [1.807, 2.05) is 17.6 Å². The average Bonchev–Trinajstić information content (AvgIpc) is 2.94. The highest BCUT2D eigenvalue weighted by atomic mass is 35.5. The summed E-state index contributed by atoms with van der Waals surface area (Å²) in [7, 11) is 0. The van der Waals surface area contributed by atoms with Crippen LogP contribution < -0.4 is 10.6 Å². The van der Waals surface area contributed by atoms with Crippen LogP contribution in [0.15, 0.2) is 23.8 Å². The number of halogens is 1. The number of aromatic nitrogens is 2. The molecule has 2 N–H and O–H groups in total. The Balaban J connectivity index is 1.49. The molecule has 1 fully saturated rings. The van der Waals surface area contributed by atoms with Gasteiger partial charge in [-0.2, -0.15) is 5.10 Å². The minimum Gasteiger partial charge on any atom is -0.378 e. The maximum atomic E-state index is 11.6. The summed E-state index contributed by atoms with van der Waals surface area (Å²) < 4.78 is 1.64. The van der Waals surface area contributed by atoms with Crippen molar-refractivity contribution in [2.75, 3.05) is 5.32 Å². The van der Waals surface area contributed by atoms with Crippen LogP contribution in [-0.2, 0) is 17.9 Å². The lowest BCUT2D eigenvalue weighted by Crippen LogP contribution is -2.29. The fraction of sp³-hybridized carbons (Fsp3) is 0.385. The Kier molecular flexibility index (Phi) is 3.93. The van der Waals surface area contributed by atoms with Crippen molar-refractivity contribution < 1.29 is 4.79 Å². The molecule has 20 heavy (non-hydrogen) atoms. The second-order valence-corrected chi connectivity index (χ2v) is 6.29. The van der Waals surface area contributed by atoms with Crippen LogP contribution in [0.25, 0.3) is 0 Å². The first kappa shape index (κ1) is 13.5. The van der Waals surface area contributed by atoms with E-state index in [-0.39, 0.29) is 12.5 Å². The van der Waals surface area contributed by atoms with Gasteiger partial charge in [0.05, 0.1) is 16.9 Å². The molecule has 5 nitrogen and oxygen atoms in total. The van der Waals surface area contributed by atoms with Gasteiger partial charge >= 0.3 is 0 Å². The monoisotopic (exact) mass is 310 g/mol. The summed E-state index contributed by atoms with van der Waals surface area (Å²) in [6.07, 6.45) is 5.75. The number of carbonyl (C=O) groups is 1. The van der Waals surface area contributed by atoms with Crippen LogP contribution in [0.4, 0.5) is 5.69 Å². The number of thiophene rings is 1. The summed E-state index contributed by atoms with van der Waals surface area (Å²) in [5.41, 5.74) is 0.897. The Labute approximate surface area is 125 Å². The molecule has 0 aliphatic heterocycles. The van der Waals surface area contributed by atoms with E-state index in [0.717, 1.165) is 28.4 Å². The van der Waals surface area contributed by atoms with E-state index in [1.54, 1.807) is 22.2 Å². The second-order valence-electron chi connectivity index (χ2n) is 4.85. The number of carbonyl (C=O) groups excluding carboxylic acids is 1. The minimum atomic E-state index is 0.0205. The van der Waals surface area contributed by atoms with Gasteiger partial charge < -0.3 is 10.6 Å². The standard InChI is InChI=1S/C13H15ClN4OS/c14-9-3-12(20-8-9)5-15-11-4-16-18(6-11)7-13(19)17-10-1-2-10/h3-4,6,8,10,15H,1-2,5,7H2,(H,17,19). The number of nitrogens with one attached hydrogen (secondary N) is 2. The number of nitrogens with zero attached hydrogens (tertiary/aromatic N) is 2. The number of rotatable bonds is 6. The maximum Gasteiger partial charge on any atom is 0.241 e. The highest BCUT2D eigenvalue weighted by Gasteiger charge is 2.23. The van der Waals surface area contributed by atoms with Gasteiger partial charge in [-0.3, -0.25) is 9.48 Å². The zero-order valence-electron chi connectivity index (χ0n) is 10.8. The summed E-state index contributed by atoms with van der Waals surface area (Å²) >= 11 is 7.49. The van der Waals surface area contributed by atoms with Crippen molar-refractivity contribution in [3.8, 4) is 0 Å². The van der Waals surface area contributed by atoms with Crippen molar-refractivity contribution in [2.45, 2.75) is 32.0 Å². The van der Waals surface area contributed by atoms with Crippen LogP contribution in [0.3, 0.4) is 0 Å². The van der Waals surface area contributed by atoms with E-state index in [2.05, 4.69) is 15.7 Å². The molecule has 1 saturated carbocycles. The van der Waals surface area contributed by atoms with Gasteiger partial charge in [0, 0.05) is 29.0 Å². The van der Waals surface area contributed by atoms with Crippen LogP contribution in [0, 0.1) is 0 Å². The summed E-state index contributed by atoms with van der Waals surface area (Å²) in [5, 5.41) is 13.0. The van der Waals surface area contributed by atoms with E-state index < -0.39 is 0 Å². The van der Waals surface area contributed by atoms with Crippen LogP contribution in [0.5, 0.6) is 0 Å². The van der Waals surface area contributed by atoms with E-state index in [9.17, 15) is 4.79 Å². The van der Waals surface area contributed by atoms with Crippen LogP contribution in [-0.4, -0.2) is 21.7 Å². The Morgan fingerprint density at radius 3 is 3.10 bits per heavy atom. The van der Waals surface area contributed by atoms with Crippen molar-refractivity contribution in [1.82, 2.24) is 15.1 Å². The zero-order chi connectivity index (χ0) is 13.9.